The van der Waals surface area contributed by atoms with Crippen LogP contribution in [-0.4, -0.2) is 38.0 Å². The molecule has 0 spiro atoms. The van der Waals surface area contributed by atoms with Crippen LogP contribution in [0, 0.1) is 0 Å². The minimum Gasteiger partial charge on any atom is -0.382 e. The summed E-state index contributed by atoms with van der Waals surface area (Å²) in [6, 6.07) is 4.19. The van der Waals surface area contributed by atoms with Crippen LogP contribution in [0.2, 0.25) is 0 Å². The van der Waals surface area contributed by atoms with Crippen LogP contribution in [0.15, 0.2) is 18.3 Å². The zero-order chi connectivity index (χ0) is 12.8. The second kappa shape index (κ2) is 6.83. The van der Waals surface area contributed by atoms with E-state index in [1.807, 2.05) is 12.3 Å². The van der Waals surface area contributed by atoms with Gasteiger partial charge in [0.25, 0.3) is 0 Å². The standard InChI is InChI=1S/C14H22N2O2/c1-17-8-9-18-10-13(15)12-6-2-4-11-5-3-7-16-14(11)12/h3,5,7,12-13H,2,4,6,8-10,15H2,1H3. The van der Waals surface area contributed by atoms with Crippen molar-refractivity contribution in [1.29, 1.82) is 0 Å². The van der Waals surface area contributed by atoms with E-state index in [0.29, 0.717) is 25.7 Å². The first-order valence-corrected chi connectivity index (χ1v) is 6.59. The molecule has 100 valence electrons. The van der Waals surface area contributed by atoms with Crippen LogP contribution in [-0.2, 0) is 15.9 Å². The molecule has 0 radical (unpaired) electrons. The normalized spacial score (nSPS) is 20.4. The van der Waals surface area contributed by atoms with Crippen molar-refractivity contribution in [2.24, 2.45) is 5.73 Å². The number of aromatic nitrogens is 1. The summed E-state index contributed by atoms with van der Waals surface area (Å²) in [6.45, 7) is 1.79. The third kappa shape index (κ3) is 3.28. The van der Waals surface area contributed by atoms with E-state index in [4.69, 9.17) is 15.2 Å². The quantitative estimate of drug-likeness (QED) is 0.777. The maximum atomic E-state index is 6.24. The summed E-state index contributed by atoms with van der Waals surface area (Å²) in [7, 11) is 1.67. The molecule has 1 aromatic rings. The highest BCUT2D eigenvalue weighted by atomic mass is 16.5. The van der Waals surface area contributed by atoms with E-state index in [9.17, 15) is 0 Å². The lowest BCUT2D eigenvalue weighted by molar-refractivity contribution is 0.0592. The molecule has 1 aliphatic rings. The molecule has 2 N–H and O–H groups in total. The van der Waals surface area contributed by atoms with Crippen molar-refractivity contribution in [3.63, 3.8) is 0 Å². The van der Waals surface area contributed by atoms with Gasteiger partial charge >= 0.3 is 0 Å². The molecule has 0 aromatic carbocycles. The number of nitrogens with two attached hydrogens (primary N) is 1. The molecule has 2 unspecified atom stereocenters. The number of aryl methyl sites for hydroxylation is 1. The lowest BCUT2D eigenvalue weighted by atomic mass is 9.82. The first-order valence-electron chi connectivity index (χ1n) is 6.59. The fourth-order valence-corrected chi connectivity index (χ4v) is 2.54. The third-order valence-electron chi connectivity index (χ3n) is 3.50. The lowest BCUT2D eigenvalue weighted by Crippen LogP contribution is -2.36. The first-order chi connectivity index (χ1) is 8.83. The number of nitrogens with zero attached hydrogens (tertiary/aromatic N) is 1. The van der Waals surface area contributed by atoms with E-state index < -0.39 is 0 Å². The average Bonchev–Trinajstić information content (AvgIpc) is 2.43. The Morgan fingerprint density at radius 1 is 1.50 bits per heavy atom. The van der Waals surface area contributed by atoms with Crippen molar-refractivity contribution >= 4 is 0 Å². The summed E-state index contributed by atoms with van der Waals surface area (Å²) < 4.78 is 10.5. The van der Waals surface area contributed by atoms with Gasteiger partial charge in [0, 0.05) is 31.0 Å². The first kappa shape index (κ1) is 13.5. The van der Waals surface area contributed by atoms with E-state index >= 15 is 0 Å². The summed E-state index contributed by atoms with van der Waals surface area (Å²) in [5.41, 5.74) is 8.76. The van der Waals surface area contributed by atoms with Crippen LogP contribution in [0.5, 0.6) is 0 Å². The fraction of sp³-hybridized carbons (Fsp3) is 0.643. The molecular weight excluding hydrogens is 228 g/mol. The monoisotopic (exact) mass is 250 g/mol. The largest absolute Gasteiger partial charge is 0.382 e. The van der Waals surface area contributed by atoms with Gasteiger partial charge in [-0.15, -0.1) is 0 Å². The van der Waals surface area contributed by atoms with Crippen LogP contribution in [0.1, 0.15) is 30.0 Å². The Morgan fingerprint density at radius 2 is 2.39 bits per heavy atom. The number of ether oxygens (including phenoxy) is 2. The Hall–Kier alpha value is -0.970. The minimum atomic E-state index is 0.0239. The van der Waals surface area contributed by atoms with Crippen molar-refractivity contribution in [3.8, 4) is 0 Å². The molecule has 0 aliphatic heterocycles. The lowest BCUT2D eigenvalue weighted by Gasteiger charge is -2.28. The van der Waals surface area contributed by atoms with Gasteiger partial charge in [-0.1, -0.05) is 6.07 Å². The summed E-state index contributed by atoms with van der Waals surface area (Å²) in [6.07, 6.45) is 5.28. The predicted molar refractivity (Wildman–Crippen MR) is 70.6 cm³/mol. The van der Waals surface area contributed by atoms with Gasteiger partial charge in [-0.25, -0.2) is 0 Å². The van der Waals surface area contributed by atoms with Crippen LogP contribution in [0.4, 0.5) is 0 Å². The summed E-state index contributed by atoms with van der Waals surface area (Å²) >= 11 is 0. The van der Waals surface area contributed by atoms with Gasteiger partial charge in [-0.2, -0.15) is 0 Å². The summed E-state index contributed by atoms with van der Waals surface area (Å²) in [5.74, 6) is 0.331. The van der Waals surface area contributed by atoms with Crippen molar-refractivity contribution in [3.05, 3.63) is 29.6 Å². The molecule has 2 rings (SSSR count). The Kier molecular flexibility index (Phi) is 5.11. The van der Waals surface area contributed by atoms with Gasteiger partial charge in [-0.3, -0.25) is 4.98 Å². The Balaban J connectivity index is 1.93. The topological polar surface area (TPSA) is 57.4 Å². The second-order valence-corrected chi connectivity index (χ2v) is 4.78. The maximum absolute atomic E-state index is 6.24. The molecule has 0 fully saturated rings. The Labute approximate surface area is 108 Å². The van der Waals surface area contributed by atoms with Gasteiger partial charge in [0.15, 0.2) is 0 Å². The van der Waals surface area contributed by atoms with Crippen LogP contribution < -0.4 is 5.73 Å². The van der Waals surface area contributed by atoms with Gasteiger partial charge < -0.3 is 15.2 Å². The van der Waals surface area contributed by atoms with Crippen LogP contribution in [0.25, 0.3) is 0 Å². The fourth-order valence-electron chi connectivity index (χ4n) is 2.54. The molecule has 0 saturated heterocycles. The SMILES string of the molecule is COCCOCC(N)C1CCCc2cccnc21. The van der Waals surface area contributed by atoms with Gasteiger partial charge in [0.1, 0.15) is 0 Å². The second-order valence-electron chi connectivity index (χ2n) is 4.78. The van der Waals surface area contributed by atoms with E-state index in [-0.39, 0.29) is 6.04 Å². The Bertz CT molecular complexity index is 371. The molecule has 0 saturated carbocycles. The minimum absolute atomic E-state index is 0.0239. The van der Waals surface area contributed by atoms with Gasteiger partial charge in [0.2, 0.25) is 0 Å². The van der Waals surface area contributed by atoms with E-state index in [0.717, 1.165) is 12.8 Å². The molecule has 1 heterocycles. The molecule has 0 amide bonds. The van der Waals surface area contributed by atoms with E-state index in [1.54, 1.807) is 7.11 Å². The average molecular weight is 250 g/mol. The molecule has 4 nitrogen and oxygen atoms in total. The zero-order valence-electron chi connectivity index (χ0n) is 11.0. The highest BCUT2D eigenvalue weighted by molar-refractivity contribution is 5.27. The van der Waals surface area contributed by atoms with Gasteiger partial charge in [0.05, 0.1) is 19.8 Å². The molecule has 4 heteroatoms. The number of methoxy groups -OCH3 is 1. The number of hydrogen-bond donors (Lipinski definition) is 1. The smallest absolute Gasteiger partial charge is 0.0701 e. The van der Waals surface area contributed by atoms with E-state index in [1.165, 1.54) is 17.7 Å². The summed E-state index contributed by atoms with van der Waals surface area (Å²) in [4.78, 5) is 4.51. The highest BCUT2D eigenvalue weighted by Crippen LogP contribution is 2.31. The molecule has 18 heavy (non-hydrogen) atoms. The predicted octanol–water partition coefficient (Wildman–Crippen LogP) is 1.49. The number of hydrogen-bond acceptors (Lipinski definition) is 4. The highest BCUT2D eigenvalue weighted by Gasteiger charge is 2.26. The molecule has 0 bridgehead atoms. The number of fused-ring (bicyclic) bond motifs is 1. The van der Waals surface area contributed by atoms with Crippen molar-refractivity contribution < 1.29 is 9.47 Å². The molecule has 1 aromatic heterocycles. The molecular formula is C14H22N2O2. The van der Waals surface area contributed by atoms with Crippen LogP contribution in [0.3, 0.4) is 0 Å². The van der Waals surface area contributed by atoms with Crippen molar-refractivity contribution in [2.45, 2.75) is 31.2 Å². The summed E-state index contributed by atoms with van der Waals surface area (Å²) in [5, 5.41) is 0. The third-order valence-corrected chi connectivity index (χ3v) is 3.50. The molecule has 1 aliphatic carbocycles. The number of rotatable bonds is 6. The van der Waals surface area contributed by atoms with E-state index in [2.05, 4.69) is 11.1 Å². The van der Waals surface area contributed by atoms with Crippen molar-refractivity contribution in [2.75, 3.05) is 26.9 Å². The van der Waals surface area contributed by atoms with Gasteiger partial charge in [-0.05, 0) is 30.9 Å². The maximum Gasteiger partial charge on any atom is 0.0701 e. The Morgan fingerprint density at radius 3 is 3.22 bits per heavy atom. The zero-order valence-corrected chi connectivity index (χ0v) is 11.0. The number of pyridine rings is 1. The molecule has 2 atom stereocenters. The van der Waals surface area contributed by atoms with Crippen molar-refractivity contribution in [1.82, 2.24) is 4.98 Å². The van der Waals surface area contributed by atoms with Crippen LogP contribution >= 0.6 is 0 Å².